The predicted octanol–water partition coefficient (Wildman–Crippen LogP) is 1.56. The summed E-state index contributed by atoms with van der Waals surface area (Å²) in [4.78, 5) is 12.1. The molecule has 0 radical (unpaired) electrons. The van der Waals surface area contributed by atoms with Crippen LogP contribution in [0.1, 0.15) is 30.1 Å². The molecular weight excluding hydrogens is 244 g/mol. The van der Waals surface area contributed by atoms with Crippen molar-refractivity contribution in [1.82, 2.24) is 5.32 Å². The van der Waals surface area contributed by atoms with E-state index >= 15 is 0 Å². The molecule has 1 atom stereocenters. The van der Waals surface area contributed by atoms with Crippen molar-refractivity contribution in [3.05, 3.63) is 23.8 Å². The highest BCUT2D eigenvalue weighted by Crippen LogP contribution is 2.30. The second-order valence-corrected chi connectivity index (χ2v) is 4.42. The molecule has 0 saturated heterocycles. The first-order valence-corrected chi connectivity index (χ1v) is 6.35. The minimum atomic E-state index is -0.166. The van der Waals surface area contributed by atoms with E-state index in [1.807, 2.05) is 6.92 Å². The average molecular weight is 266 g/mol. The maximum Gasteiger partial charge on any atom is 0.255 e. The highest BCUT2D eigenvalue weighted by Gasteiger charge is 2.15. The summed E-state index contributed by atoms with van der Waals surface area (Å²) in [5, 5.41) is 2.85. The van der Waals surface area contributed by atoms with E-state index in [1.54, 1.807) is 25.3 Å². The molecule has 19 heavy (non-hydrogen) atoms. The summed E-state index contributed by atoms with van der Waals surface area (Å²) in [6.07, 6.45) is 1.74. The van der Waals surface area contributed by atoms with Gasteiger partial charge in [-0.2, -0.15) is 0 Å². The van der Waals surface area contributed by atoms with Crippen LogP contribution in [-0.2, 0) is 0 Å². The average Bonchev–Trinajstić information content (AvgIpc) is 2.42. The van der Waals surface area contributed by atoms with Crippen LogP contribution >= 0.6 is 0 Å². The Labute approximate surface area is 114 Å². The van der Waals surface area contributed by atoms with Crippen LogP contribution in [0.3, 0.4) is 0 Å². The lowest BCUT2D eigenvalue weighted by Gasteiger charge is -2.12. The monoisotopic (exact) mass is 266 g/mol. The maximum absolute atomic E-state index is 12.1. The zero-order chi connectivity index (χ0) is 14.3. The zero-order valence-electron chi connectivity index (χ0n) is 11.7. The second kappa shape index (κ2) is 7.63. The van der Waals surface area contributed by atoms with E-state index in [1.165, 1.54) is 7.11 Å². The molecule has 106 valence electrons. The molecule has 0 saturated carbocycles. The third kappa shape index (κ3) is 4.44. The topological polar surface area (TPSA) is 73.6 Å². The Hall–Kier alpha value is -1.75. The van der Waals surface area contributed by atoms with Crippen molar-refractivity contribution in [1.29, 1.82) is 0 Å². The fourth-order valence-electron chi connectivity index (χ4n) is 1.79. The number of methoxy groups -OCH3 is 2. The fraction of sp³-hybridized carbons (Fsp3) is 0.500. The van der Waals surface area contributed by atoms with Crippen LogP contribution in [0.2, 0.25) is 0 Å². The number of hydrogen-bond donors (Lipinski definition) is 2. The summed E-state index contributed by atoms with van der Waals surface area (Å²) in [7, 11) is 3.06. The zero-order valence-corrected chi connectivity index (χ0v) is 11.7. The van der Waals surface area contributed by atoms with Gasteiger partial charge in [0.15, 0.2) is 11.5 Å². The van der Waals surface area contributed by atoms with Crippen LogP contribution < -0.4 is 20.5 Å². The smallest absolute Gasteiger partial charge is 0.255 e. The molecule has 0 fully saturated rings. The number of hydrogen-bond acceptors (Lipinski definition) is 4. The summed E-state index contributed by atoms with van der Waals surface area (Å²) in [6.45, 7) is 2.55. The Kier molecular flexibility index (Phi) is 6.15. The van der Waals surface area contributed by atoms with Crippen LogP contribution in [-0.4, -0.2) is 32.7 Å². The number of ether oxygens (including phenoxy) is 2. The highest BCUT2D eigenvalue weighted by atomic mass is 16.5. The number of carbonyl (C=O) groups is 1. The Balaban J connectivity index is 2.66. The van der Waals surface area contributed by atoms with E-state index in [9.17, 15) is 4.79 Å². The highest BCUT2D eigenvalue weighted by molar-refractivity contribution is 5.97. The van der Waals surface area contributed by atoms with Gasteiger partial charge in [-0.05, 0) is 31.9 Å². The van der Waals surface area contributed by atoms with Crippen LogP contribution in [0.15, 0.2) is 18.2 Å². The molecule has 0 aromatic heterocycles. The largest absolute Gasteiger partial charge is 0.493 e. The van der Waals surface area contributed by atoms with Gasteiger partial charge in [-0.1, -0.05) is 6.07 Å². The lowest BCUT2D eigenvalue weighted by atomic mass is 10.1. The van der Waals surface area contributed by atoms with Crippen LogP contribution in [0, 0.1) is 0 Å². The molecule has 0 spiro atoms. The van der Waals surface area contributed by atoms with Gasteiger partial charge in [-0.25, -0.2) is 0 Å². The van der Waals surface area contributed by atoms with Gasteiger partial charge in [0.25, 0.3) is 5.91 Å². The summed E-state index contributed by atoms with van der Waals surface area (Å²) < 4.78 is 10.4. The number of rotatable bonds is 7. The first-order chi connectivity index (χ1) is 9.10. The predicted molar refractivity (Wildman–Crippen MR) is 74.8 cm³/mol. The molecule has 1 amide bonds. The molecule has 0 heterocycles. The summed E-state index contributed by atoms with van der Waals surface area (Å²) >= 11 is 0. The molecule has 5 heteroatoms. The van der Waals surface area contributed by atoms with Crippen molar-refractivity contribution in [3.63, 3.8) is 0 Å². The molecule has 5 nitrogen and oxygen atoms in total. The van der Waals surface area contributed by atoms with Crippen molar-refractivity contribution in [2.24, 2.45) is 5.73 Å². The molecule has 0 aliphatic carbocycles. The normalized spacial score (nSPS) is 11.8. The second-order valence-electron chi connectivity index (χ2n) is 4.42. The van der Waals surface area contributed by atoms with E-state index in [4.69, 9.17) is 15.2 Å². The molecule has 0 aliphatic rings. The lowest BCUT2D eigenvalue weighted by molar-refractivity contribution is 0.0949. The van der Waals surface area contributed by atoms with Gasteiger partial charge in [-0.3, -0.25) is 4.79 Å². The Morgan fingerprint density at radius 1 is 1.37 bits per heavy atom. The Morgan fingerprint density at radius 2 is 2.11 bits per heavy atom. The molecule has 1 rings (SSSR count). The van der Waals surface area contributed by atoms with E-state index in [0.717, 1.165) is 12.8 Å². The molecule has 3 N–H and O–H groups in total. The van der Waals surface area contributed by atoms with Crippen LogP contribution in [0.25, 0.3) is 0 Å². The summed E-state index contributed by atoms with van der Waals surface area (Å²) in [6, 6.07) is 5.38. The fourth-order valence-corrected chi connectivity index (χ4v) is 1.79. The molecule has 0 aliphatic heterocycles. The third-order valence-electron chi connectivity index (χ3n) is 2.77. The number of benzene rings is 1. The van der Waals surface area contributed by atoms with Crippen molar-refractivity contribution < 1.29 is 14.3 Å². The standard InChI is InChI=1S/C14H22N2O3/c1-10(15)6-5-9-16-14(17)11-7-4-8-12(18-2)13(11)19-3/h4,7-8,10H,5-6,9,15H2,1-3H3,(H,16,17). The van der Waals surface area contributed by atoms with E-state index in [-0.39, 0.29) is 11.9 Å². The van der Waals surface area contributed by atoms with Crippen LogP contribution in [0.5, 0.6) is 11.5 Å². The van der Waals surface area contributed by atoms with Crippen molar-refractivity contribution >= 4 is 5.91 Å². The first-order valence-electron chi connectivity index (χ1n) is 6.35. The van der Waals surface area contributed by atoms with E-state index < -0.39 is 0 Å². The Morgan fingerprint density at radius 3 is 2.68 bits per heavy atom. The van der Waals surface area contributed by atoms with E-state index in [0.29, 0.717) is 23.6 Å². The molecule has 0 bridgehead atoms. The number of carbonyl (C=O) groups excluding carboxylic acids is 1. The molecule has 1 aromatic carbocycles. The summed E-state index contributed by atoms with van der Waals surface area (Å²) in [5.74, 6) is 0.834. The van der Waals surface area contributed by atoms with Gasteiger partial charge in [-0.15, -0.1) is 0 Å². The Bertz CT molecular complexity index is 419. The molecular formula is C14H22N2O3. The molecule has 1 aromatic rings. The van der Waals surface area contributed by atoms with Gasteiger partial charge in [0.1, 0.15) is 0 Å². The minimum absolute atomic E-state index is 0.156. The third-order valence-corrected chi connectivity index (χ3v) is 2.77. The number of nitrogens with two attached hydrogens (primary N) is 1. The minimum Gasteiger partial charge on any atom is -0.493 e. The SMILES string of the molecule is COc1cccc(C(=O)NCCCC(C)N)c1OC. The van der Waals surface area contributed by atoms with Gasteiger partial charge in [0.2, 0.25) is 0 Å². The van der Waals surface area contributed by atoms with Crippen molar-refractivity contribution in [2.75, 3.05) is 20.8 Å². The van der Waals surface area contributed by atoms with Gasteiger partial charge in [0.05, 0.1) is 19.8 Å². The van der Waals surface area contributed by atoms with Crippen molar-refractivity contribution in [3.8, 4) is 11.5 Å². The lowest BCUT2D eigenvalue weighted by Crippen LogP contribution is -2.26. The molecule has 1 unspecified atom stereocenters. The van der Waals surface area contributed by atoms with Gasteiger partial charge < -0.3 is 20.5 Å². The maximum atomic E-state index is 12.1. The number of amides is 1. The summed E-state index contributed by atoms with van der Waals surface area (Å²) in [5.41, 5.74) is 6.13. The van der Waals surface area contributed by atoms with E-state index in [2.05, 4.69) is 5.32 Å². The van der Waals surface area contributed by atoms with Gasteiger partial charge >= 0.3 is 0 Å². The number of para-hydroxylation sites is 1. The number of nitrogens with one attached hydrogen (secondary N) is 1. The quantitative estimate of drug-likeness (QED) is 0.735. The van der Waals surface area contributed by atoms with Gasteiger partial charge in [0, 0.05) is 12.6 Å². The van der Waals surface area contributed by atoms with Crippen molar-refractivity contribution in [2.45, 2.75) is 25.8 Å². The van der Waals surface area contributed by atoms with Crippen LogP contribution in [0.4, 0.5) is 0 Å². The first kappa shape index (κ1) is 15.3.